The maximum Gasteiger partial charge on any atom is 0.112 e. The van der Waals surface area contributed by atoms with Crippen molar-refractivity contribution in [2.75, 3.05) is 11.1 Å². The minimum atomic E-state index is 0.768. The number of aryl methyl sites for hydroxylation is 1. The summed E-state index contributed by atoms with van der Waals surface area (Å²) in [7, 11) is 0. The first-order valence-corrected chi connectivity index (χ1v) is 7.31. The molecule has 2 rings (SSSR count). The molecule has 0 aliphatic carbocycles. The third-order valence-corrected chi connectivity index (χ3v) is 4.41. The highest BCUT2D eigenvalue weighted by Crippen LogP contribution is 2.22. The molecule has 1 aromatic heterocycles. The van der Waals surface area contributed by atoms with Crippen LogP contribution in [0.2, 0.25) is 0 Å². The summed E-state index contributed by atoms with van der Waals surface area (Å²) < 4.78 is 1.13. The minimum absolute atomic E-state index is 0.768. The van der Waals surface area contributed by atoms with Gasteiger partial charge in [0.1, 0.15) is 5.01 Å². The van der Waals surface area contributed by atoms with Crippen LogP contribution in [-0.4, -0.2) is 4.98 Å². The van der Waals surface area contributed by atoms with Gasteiger partial charge in [-0.25, -0.2) is 4.98 Å². The lowest BCUT2D eigenvalue weighted by atomic mass is 10.3. The molecule has 3 N–H and O–H groups in total. The number of nitrogens with two attached hydrogens (primary N) is 1. The fourth-order valence-corrected chi connectivity index (χ4v) is 2.97. The van der Waals surface area contributed by atoms with Crippen molar-refractivity contribution < 1.29 is 0 Å². The average molecular weight is 359 g/mol. The Hall–Kier alpha value is -0.820. The Bertz CT molecular complexity index is 510. The summed E-state index contributed by atoms with van der Waals surface area (Å²) in [5.74, 6) is 0. The molecule has 0 amide bonds. The number of nitrogen functional groups attached to an aromatic ring is 1. The van der Waals surface area contributed by atoms with Crippen LogP contribution in [0.5, 0.6) is 0 Å². The van der Waals surface area contributed by atoms with Crippen LogP contribution in [-0.2, 0) is 13.0 Å². The molecule has 0 spiro atoms. The van der Waals surface area contributed by atoms with E-state index in [4.69, 9.17) is 5.73 Å². The Morgan fingerprint density at radius 1 is 1.47 bits per heavy atom. The molecule has 0 aliphatic heterocycles. The van der Waals surface area contributed by atoms with Gasteiger partial charge in [-0.05, 0) is 47.2 Å². The topological polar surface area (TPSA) is 50.9 Å². The van der Waals surface area contributed by atoms with Crippen LogP contribution in [0.15, 0.2) is 24.4 Å². The first-order chi connectivity index (χ1) is 8.19. The van der Waals surface area contributed by atoms with Gasteiger partial charge in [-0.15, -0.1) is 11.3 Å². The Morgan fingerprint density at radius 2 is 2.29 bits per heavy atom. The lowest BCUT2D eigenvalue weighted by Gasteiger charge is -2.07. The second-order valence-corrected chi connectivity index (χ2v) is 6.03. The van der Waals surface area contributed by atoms with Gasteiger partial charge >= 0.3 is 0 Å². The highest BCUT2D eigenvalue weighted by Gasteiger charge is 2.03. The third-order valence-electron chi connectivity index (χ3n) is 2.37. The van der Waals surface area contributed by atoms with E-state index in [0.717, 1.165) is 32.9 Å². The Balaban J connectivity index is 2.02. The summed E-state index contributed by atoms with van der Waals surface area (Å²) in [6.45, 7) is 2.91. The summed E-state index contributed by atoms with van der Waals surface area (Å²) in [6.07, 6.45) is 3.01. The summed E-state index contributed by atoms with van der Waals surface area (Å²) >= 11 is 4.04. The molecule has 0 unspecified atom stereocenters. The van der Waals surface area contributed by atoms with Gasteiger partial charge in [0.2, 0.25) is 0 Å². The van der Waals surface area contributed by atoms with Crippen molar-refractivity contribution >= 4 is 45.3 Å². The van der Waals surface area contributed by atoms with Gasteiger partial charge in [0.05, 0.1) is 6.54 Å². The van der Waals surface area contributed by atoms with E-state index in [1.54, 1.807) is 11.3 Å². The number of anilines is 2. The fourth-order valence-electron chi connectivity index (χ4n) is 1.44. The number of hydrogen-bond donors (Lipinski definition) is 2. The quantitative estimate of drug-likeness (QED) is 0.649. The zero-order chi connectivity index (χ0) is 12.3. The predicted octanol–water partition coefficient (Wildman–Crippen LogP) is 3.50. The van der Waals surface area contributed by atoms with Crippen molar-refractivity contribution in [2.45, 2.75) is 19.9 Å². The van der Waals surface area contributed by atoms with E-state index in [2.05, 4.69) is 39.8 Å². The van der Waals surface area contributed by atoms with E-state index in [1.165, 1.54) is 4.88 Å². The van der Waals surface area contributed by atoms with Crippen molar-refractivity contribution in [1.82, 2.24) is 4.98 Å². The van der Waals surface area contributed by atoms with Crippen LogP contribution in [0.4, 0.5) is 11.4 Å². The second kappa shape index (κ2) is 5.68. The number of hydrogen-bond acceptors (Lipinski definition) is 4. The fraction of sp³-hybridized carbons (Fsp3) is 0.250. The molecule has 90 valence electrons. The van der Waals surface area contributed by atoms with Crippen LogP contribution < -0.4 is 11.1 Å². The van der Waals surface area contributed by atoms with Gasteiger partial charge in [0.25, 0.3) is 0 Å². The van der Waals surface area contributed by atoms with Crippen LogP contribution in [0, 0.1) is 3.57 Å². The smallest absolute Gasteiger partial charge is 0.112 e. The normalized spacial score (nSPS) is 10.5. The standard InChI is InChI=1S/C12H14IN3S/c1-2-9-6-16-12(17-9)7-15-11-4-3-8(14)5-10(11)13/h3-6,15H,2,7,14H2,1H3. The van der Waals surface area contributed by atoms with E-state index in [1.807, 2.05) is 24.4 Å². The SMILES string of the molecule is CCc1cnc(CNc2ccc(N)cc2I)s1. The van der Waals surface area contributed by atoms with Gasteiger partial charge in [0.15, 0.2) is 0 Å². The van der Waals surface area contributed by atoms with Crippen molar-refractivity contribution in [1.29, 1.82) is 0 Å². The van der Waals surface area contributed by atoms with Crippen LogP contribution in [0.1, 0.15) is 16.8 Å². The Morgan fingerprint density at radius 3 is 2.94 bits per heavy atom. The van der Waals surface area contributed by atoms with Crippen molar-refractivity contribution in [3.63, 3.8) is 0 Å². The molecule has 3 nitrogen and oxygen atoms in total. The second-order valence-electron chi connectivity index (χ2n) is 3.67. The molecule has 1 heterocycles. The van der Waals surface area contributed by atoms with Crippen LogP contribution in [0.25, 0.3) is 0 Å². The number of thiazole rings is 1. The van der Waals surface area contributed by atoms with Crippen LogP contribution >= 0.6 is 33.9 Å². The van der Waals surface area contributed by atoms with E-state index in [9.17, 15) is 0 Å². The van der Waals surface area contributed by atoms with E-state index < -0.39 is 0 Å². The Labute approximate surface area is 119 Å². The average Bonchev–Trinajstić information content (AvgIpc) is 2.76. The zero-order valence-electron chi connectivity index (χ0n) is 9.53. The summed E-state index contributed by atoms with van der Waals surface area (Å²) in [5.41, 5.74) is 7.61. The Kier molecular flexibility index (Phi) is 4.22. The van der Waals surface area contributed by atoms with Gasteiger partial charge in [-0.3, -0.25) is 0 Å². The molecule has 17 heavy (non-hydrogen) atoms. The zero-order valence-corrected chi connectivity index (χ0v) is 12.5. The third kappa shape index (κ3) is 3.32. The molecule has 0 atom stereocenters. The molecule has 0 fully saturated rings. The molecule has 0 radical (unpaired) electrons. The maximum atomic E-state index is 5.71. The van der Waals surface area contributed by atoms with Gasteiger partial charge in [-0.1, -0.05) is 6.92 Å². The van der Waals surface area contributed by atoms with Crippen molar-refractivity contribution in [3.8, 4) is 0 Å². The first kappa shape index (κ1) is 12.6. The number of benzene rings is 1. The van der Waals surface area contributed by atoms with Gasteiger partial charge in [-0.2, -0.15) is 0 Å². The molecule has 0 saturated carbocycles. The monoisotopic (exact) mass is 359 g/mol. The summed E-state index contributed by atoms with van der Waals surface area (Å²) in [6, 6.07) is 5.87. The van der Waals surface area contributed by atoms with Gasteiger partial charge < -0.3 is 11.1 Å². The molecule has 5 heteroatoms. The largest absolute Gasteiger partial charge is 0.399 e. The van der Waals surface area contributed by atoms with Crippen LogP contribution in [0.3, 0.4) is 0 Å². The number of nitrogens with one attached hydrogen (secondary N) is 1. The number of halogens is 1. The highest BCUT2D eigenvalue weighted by molar-refractivity contribution is 14.1. The van der Waals surface area contributed by atoms with E-state index in [-0.39, 0.29) is 0 Å². The molecule has 1 aromatic carbocycles. The summed E-state index contributed by atoms with van der Waals surface area (Å²) in [5, 5.41) is 4.50. The number of aromatic nitrogens is 1. The number of nitrogens with zero attached hydrogens (tertiary/aromatic N) is 1. The van der Waals surface area contributed by atoms with Crippen molar-refractivity contribution in [2.24, 2.45) is 0 Å². The predicted molar refractivity (Wildman–Crippen MR) is 82.4 cm³/mol. The molecule has 0 aliphatic rings. The highest BCUT2D eigenvalue weighted by atomic mass is 127. The lowest BCUT2D eigenvalue weighted by molar-refractivity contribution is 1.09. The number of rotatable bonds is 4. The van der Waals surface area contributed by atoms with Crippen molar-refractivity contribution in [3.05, 3.63) is 37.9 Å². The summed E-state index contributed by atoms with van der Waals surface area (Å²) in [4.78, 5) is 5.71. The molecular weight excluding hydrogens is 345 g/mol. The van der Waals surface area contributed by atoms with E-state index >= 15 is 0 Å². The minimum Gasteiger partial charge on any atom is -0.399 e. The maximum absolute atomic E-state index is 5.71. The molecular formula is C12H14IN3S. The van der Waals surface area contributed by atoms with Gasteiger partial charge in [0, 0.05) is 26.0 Å². The molecule has 2 aromatic rings. The molecule has 0 saturated heterocycles. The lowest BCUT2D eigenvalue weighted by Crippen LogP contribution is -2.01. The first-order valence-electron chi connectivity index (χ1n) is 5.41. The molecule has 0 bridgehead atoms. The van der Waals surface area contributed by atoms with E-state index in [0.29, 0.717) is 0 Å².